The molecular weight excluding hydrogens is 494 g/mol. The number of hydrogen-bond donors (Lipinski definition) is 1. The van der Waals surface area contributed by atoms with Gasteiger partial charge in [-0.1, -0.05) is 23.7 Å². The molecule has 2 atom stereocenters. The van der Waals surface area contributed by atoms with Gasteiger partial charge >= 0.3 is 6.09 Å². The van der Waals surface area contributed by atoms with E-state index in [0.717, 1.165) is 16.7 Å². The Hall–Kier alpha value is -3.59. The predicted molar refractivity (Wildman–Crippen MR) is 139 cm³/mol. The summed E-state index contributed by atoms with van der Waals surface area (Å²) in [5, 5.41) is 8.06. The maximum absolute atomic E-state index is 13.0. The first-order chi connectivity index (χ1) is 17.7. The normalized spacial score (nSPS) is 19.4. The maximum Gasteiger partial charge on any atom is 0.410 e. The van der Waals surface area contributed by atoms with Crippen molar-refractivity contribution in [1.29, 1.82) is 0 Å². The summed E-state index contributed by atoms with van der Waals surface area (Å²) >= 11 is 5.95. The van der Waals surface area contributed by atoms with Gasteiger partial charge in [-0.05, 0) is 38.5 Å². The van der Waals surface area contributed by atoms with E-state index in [1.807, 2.05) is 23.0 Å². The van der Waals surface area contributed by atoms with E-state index < -0.39 is 0 Å². The molecule has 37 heavy (non-hydrogen) atoms. The zero-order valence-corrected chi connectivity index (χ0v) is 21.9. The van der Waals surface area contributed by atoms with Crippen molar-refractivity contribution < 1.29 is 19.1 Å². The van der Waals surface area contributed by atoms with E-state index in [1.165, 1.54) is 0 Å². The Morgan fingerprint density at radius 3 is 2.76 bits per heavy atom. The minimum Gasteiger partial charge on any atom is -0.489 e. The molecule has 0 aliphatic carbocycles. The van der Waals surface area contributed by atoms with Gasteiger partial charge in [-0.3, -0.25) is 14.5 Å². The Balaban J connectivity index is 1.39. The van der Waals surface area contributed by atoms with Gasteiger partial charge in [0.1, 0.15) is 24.2 Å². The number of halogens is 1. The van der Waals surface area contributed by atoms with Crippen LogP contribution in [0.3, 0.4) is 0 Å². The van der Waals surface area contributed by atoms with Crippen LogP contribution in [0, 0.1) is 0 Å². The molecule has 2 aliphatic rings. The maximum atomic E-state index is 13.0. The van der Waals surface area contributed by atoms with Gasteiger partial charge in [0.25, 0.3) is 5.91 Å². The van der Waals surface area contributed by atoms with Crippen molar-refractivity contribution >= 4 is 23.6 Å². The molecule has 0 radical (unpaired) electrons. The Bertz CT molecular complexity index is 1300. The van der Waals surface area contributed by atoms with E-state index in [1.54, 1.807) is 35.5 Å². The molecule has 4 heterocycles. The zero-order chi connectivity index (χ0) is 26.2. The summed E-state index contributed by atoms with van der Waals surface area (Å²) in [5.41, 5.74) is 2.61. The summed E-state index contributed by atoms with van der Waals surface area (Å²) in [7, 11) is 0. The molecule has 2 fully saturated rings. The lowest BCUT2D eigenvalue weighted by molar-refractivity contribution is 0.0915. The van der Waals surface area contributed by atoms with Crippen LogP contribution in [0.1, 0.15) is 49.7 Å². The monoisotopic (exact) mass is 523 g/mol. The predicted octanol–water partition coefficient (Wildman–Crippen LogP) is 4.65. The number of nitrogens with zero attached hydrogens (tertiary/aromatic N) is 4. The van der Waals surface area contributed by atoms with Crippen molar-refractivity contribution in [3.8, 4) is 16.9 Å². The molecule has 1 aromatic carbocycles. The first kappa shape index (κ1) is 25.1. The van der Waals surface area contributed by atoms with Gasteiger partial charge in [0.2, 0.25) is 0 Å². The highest BCUT2D eigenvalue weighted by Crippen LogP contribution is 2.34. The molecule has 0 saturated carbocycles. The number of ether oxygens (including phenoxy) is 2. The summed E-state index contributed by atoms with van der Waals surface area (Å²) in [6, 6.07) is 8.99. The molecule has 5 rings (SSSR count). The lowest BCUT2D eigenvalue weighted by Gasteiger charge is -2.33. The van der Waals surface area contributed by atoms with Crippen molar-refractivity contribution in [3.05, 3.63) is 65.2 Å². The van der Waals surface area contributed by atoms with E-state index in [9.17, 15) is 9.59 Å². The molecule has 3 aromatic rings. The number of piperidine rings is 1. The number of aromatic nitrogens is 3. The van der Waals surface area contributed by atoms with Crippen molar-refractivity contribution in [2.45, 2.75) is 57.8 Å². The molecule has 0 bridgehead atoms. The van der Waals surface area contributed by atoms with Gasteiger partial charge in [-0.15, -0.1) is 0 Å². The van der Waals surface area contributed by atoms with Crippen LogP contribution in [0.25, 0.3) is 11.1 Å². The SMILES string of the molecule is CC(C)(C)n1cc(-c2cnc(C(=O)NCc3ccc(Cl)cc3)cc2O[C@H]2CCN3C(=O)OC[C@@H]3C2)cn1. The van der Waals surface area contributed by atoms with E-state index >= 15 is 0 Å². The first-order valence-corrected chi connectivity index (χ1v) is 12.7. The fourth-order valence-electron chi connectivity index (χ4n) is 4.53. The minimum atomic E-state index is -0.304. The average molecular weight is 524 g/mol. The van der Waals surface area contributed by atoms with E-state index in [0.29, 0.717) is 43.3 Å². The lowest BCUT2D eigenvalue weighted by Crippen LogP contribution is -2.44. The molecule has 9 nitrogen and oxygen atoms in total. The highest BCUT2D eigenvalue weighted by molar-refractivity contribution is 6.30. The molecule has 2 saturated heterocycles. The molecule has 2 aromatic heterocycles. The van der Waals surface area contributed by atoms with Crippen molar-refractivity contribution in [1.82, 2.24) is 25.0 Å². The quantitative estimate of drug-likeness (QED) is 0.505. The second-order valence-electron chi connectivity index (χ2n) is 10.4. The topological polar surface area (TPSA) is 98.6 Å². The standard InChI is InChI=1S/C27H30ClN5O4/c1-27(2,3)33-15-18(13-31-33)22-14-29-23(25(34)30-12-17-4-6-19(28)7-5-17)11-24(22)37-21-8-9-32-20(10-21)16-36-26(32)35/h4-7,11,13-15,20-21H,8-10,12,16H2,1-3H3,(H,30,34)/t20-,21-/m0/s1. The van der Waals surface area contributed by atoms with Crippen LogP contribution in [0.5, 0.6) is 5.75 Å². The minimum absolute atomic E-state index is 0.00215. The third kappa shape index (κ3) is 5.56. The highest BCUT2D eigenvalue weighted by atomic mass is 35.5. The number of cyclic esters (lactones) is 1. The van der Waals surface area contributed by atoms with E-state index in [-0.39, 0.29) is 35.4 Å². The van der Waals surface area contributed by atoms with Crippen LogP contribution in [0.4, 0.5) is 4.79 Å². The van der Waals surface area contributed by atoms with Crippen LogP contribution in [-0.2, 0) is 16.8 Å². The number of amides is 2. The van der Waals surface area contributed by atoms with Crippen LogP contribution in [-0.4, -0.2) is 57.0 Å². The number of fused-ring (bicyclic) bond motifs is 1. The molecule has 2 amide bonds. The van der Waals surface area contributed by atoms with Crippen molar-refractivity contribution in [2.24, 2.45) is 0 Å². The molecular formula is C27H30ClN5O4. The van der Waals surface area contributed by atoms with Crippen LogP contribution < -0.4 is 10.1 Å². The molecule has 2 aliphatic heterocycles. The summed E-state index contributed by atoms with van der Waals surface area (Å²) in [5.74, 6) is 0.255. The summed E-state index contributed by atoms with van der Waals surface area (Å²) in [4.78, 5) is 31.1. The van der Waals surface area contributed by atoms with Gasteiger partial charge in [0.15, 0.2) is 0 Å². The second-order valence-corrected chi connectivity index (χ2v) is 10.8. The Morgan fingerprint density at radius 1 is 1.24 bits per heavy atom. The van der Waals surface area contributed by atoms with Gasteiger partial charge < -0.3 is 19.7 Å². The average Bonchev–Trinajstić information content (AvgIpc) is 3.51. The third-order valence-corrected chi connectivity index (χ3v) is 6.89. The fourth-order valence-corrected chi connectivity index (χ4v) is 4.65. The number of benzene rings is 1. The fraction of sp³-hybridized carbons (Fsp3) is 0.407. The molecule has 10 heteroatoms. The van der Waals surface area contributed by atoms with E-state index in [2.05, 4.69) is 36.2 Å². The smallest absolute Gasteiger partial charge is 0.410 e. The Morgan fingerprint density at radius 2 is 2.03 bits per heavy atom. The van der Waals surface area contributed by atoms with Gasteiger partial charge in [0.05, 0.1) is 17.8 Å². The summed E-state index contributed by atoms with van der Waals surface area (Å²) in [6.45, 7) is 7.52. The molecule has 194 valence electrons. The van der Waals surface area contributed by atoms with Crippen LogP contribution >= 0.6 is 11.6 Å². The second kappa shape index (κ2) is 10.0. The first-order valence-electron chi connectivity index (χ1n) is 12.4. The number of pyridine rings is 1. The number of nitrogens with one attached hydrogen (secondary N) is 1. The Kier molecular flexibility index (Phi) is 6.81. The van der Waals surface area contributed by atoms with Gasteiger partial charge in [-0.25, -0.2) is 4.79 Å². The Labute approximate surface area is 220 Å². The largest absolute Gasteiger partial charge is 0.489 e. The van der Waals surface area contributed by atoms with Crippen LogP contribution in [0.2, 0.25) is 5.02 Å². The number of carbonyl (C=O) groups is 2. The van der Waals surface area contributed by atoms with Crippen molar-refractivity contribution in [3.63, 3.8) is 0 Å². The van der Waals surface area contributed by atoms with E-state index in [4.69, 9.17) is 21.1 Å². The molecule has 1 N–H and O–H groups in total. The summed E-state index contributed by atoms with van der Waals surface area (Å²) in [6.07, 6.45) is 6.34. The van der Waals surface area contributed by atoms with Gasteiger partial charge in [0, 0.05) is 60.5 Å². The number of carbonyl (C=O) groups excluding carboxylic acids is 2. The number of hydrogen-bond acceptors (Lipinski definition) is 6. The van der Waals surface area contributed by atoms with Gasteiger partial charge in [-0.2, -0.15) is 5.10 Å². The highest BCUT2D eigenvalue weighted by Gasteiger charge is 2.39. The van der Waals surface area contributed by atoms with Crippen LogP contribution in [0.15, 0.2) is 48.9 Å². The molecule has 0 spiro atoms. The summed E-state index contributed by atoms with van der Waals surface area (Å²) < 4.78 is 13.6. The third-order valence-electron chi connectivity index (χ3n) is 6.64. The number of rotatable bonds is 6. The lowest BCUT2D eigenvalue weighted by atomic mass is 10.0. The molecule has 0 unspecified atom stereocenters. The zero-order valence-electron chi connectivity index (χ0n) is 21.1. The van der Waals surface area contributed by atoms with Crippen molar-refractivity contribution in [2.75, 3.05) is 13.2 Å².